The molecule has 3 rings (SSSR count). The number of nitrogens with zero attached hydrogens (tertiary/aromatic N) is 2. The Bertz CT molecular complexity index is 1460. The summed E-state index contributed by atoms with van der Waals surface area (Å²) < 4.78 is 40.6. The topological polar surface area (TPSA) is 105 Å². The van der Waals surface area contributed by atoms with Crippen LogP contribution in [0.1, 0.15) is 31.4 Å². The number of carbonyl (C=O) groups is 2. The molecule has 9 nitrogen and oxygen atoms in total. The lowest BCUT2D eigenvalue weighted by atomic mass is 10.1. The zero-order valence-electron chi connectivity index (χ0n) is 23.9. The molecule has 0 heterocycles. The fraction of sp³-hybridized carbons (Fsp3) is 0.333. The van der Waals surface area contributed by atoms with Crippen LogP contribution in [0.3, 0.4) is 0 Å². The molecule has 2 amide bonds. The van der Waals surface area contributed by atoms with Crippen molar-refractivity contribution in [3.63, 3.8) is 0 Å². The molecular weight excluding hydrogens is 610 g/mol. The maximum Gasteiger partial charge on any atom is 0.264 e. The van der Waals surface area contributed by atoms with E-state index in [9.17, 15) is 18.0 Å². The highest BCUT2D eigenvalue weighted by atomic mass is 79.9. The summed E-state index contributed by atoms with van der Waals surface area (Å²) in [5, 5.41) is 2.83. The molecule has 1 N–H and O–H groups in total. The van der Waals surface area contributed by atoms with E-state index in [2.05, 4.69) is 21.2 Å². The molecule has 220 valence electrons. The Hall–Kier alpha value is -3.57. The van der Waals surface area contributed by atoms with Crippen molar-refractivity contribution < 1.29 is 27.5 Å². The van der Waals surface area contributed by atoms with Crippen molar-refractivity contribution >= 4 is 43.5 Å². The van der Waals surface area contributed by atoms with Gasteiger partial charge in [0.15, 0.2) is 11.5 Å². The van der Waals surface area contributed by atoms with E-state index in [0.717, 1.165) is 26.3 Å². The first-order valence-corrected chi connectivity index (χ1v) is 15.4. The lowest BCUT2D eigenvalue weighted by Crippen LogP contribution is -2.51. The first kappa shape index (κ1) is 32.0. The van der Waals surface area contributed by atoms with E-state index in [0.29, 0.717) is 18.0 Å². The first-order chi connectivity index (χ1) is 19.5. The molecule has 1 unspecified atom stereocenters. The number of aryl methyl sites for hydroxylation is 1. The van der Waals surface area contributed by atoms with E-state index >= 15 is 0 Å². The van der Waals surface area contributed by atoms with Crippen LogP contribution in [0, 0.1) is 6.92 Å². The van der Waals surface area contributed by atoms with Gasteiger partial charge >= 0.3 is 0 Å². The number of nitrogens with one attached hydrogen (secondary N) is 1. The number of benzene rings is 3. The minimum Gasteiger partial charge on any atom is -0.493 e. The Morgan fingerprint density at radius 2 is 1.66 bits per heavy atom. The Kier molecular flexibility index (Phi) is 11.2. The van der Waals surface area contributed by atoms with Crippen molar-refractivity contribution in [1.29, 1.82) is 0 Å². The summed E-state index contributed by atoms with van der Waals surface area (Å²) in [6.07, 6.45) is 0.736. The van der Waals surface area contributed by atoms with Gasteiger partial charge in [-0.2, -0.15) is 0 Å². The number of ether oxygens (including phenoxy) is 2. The third-order valence-electron chi connectivity index (χ3n) is 6.50. The molecule has 3 aromatic carbocycles. The van der Waals surface area contributed by atoms with Gasteiger partial charge in [0, 0.05) is 23.6 Å². The molecule has 1 atom stereocenters. The van der Waals surface area contributed by atoms with E-state index in [1.54, 1.807) is 31.2 Å². The molecule has 3 aromatic rings. The summed E-state index contributed by atoms with van der Waals surface area (Å²) in [5.41, 5.74) is 1.88. The number of rotatable bonds is 13. The normalized spacial score (nSPS) is 11.9. The monoisotopic (exact) mass is 645 g/mol. The third kappa shape index (κ3) is 8.01. The molecule has 0 radical (unpaired) electrons. The predicted octanol–water partition coefficient (Wildman–Crippen LogP) is 4.91. The molecule has 0 fully saturated rings. The van der Waals surface area contributed by atoms with Crippen LogP contribution >= 0.6 is 15.9 Å². The van der Waals surface area contributed by atoms with E-state index in [4.69, 9.17) is 9.47 Å². The van der Waals surface area contributed by atoms with Crippen LogP contribution in [0.15, 0.2) is 76.1 Å². The van der Waals surface area contributed by atoms with Crippen molar-refractivity contribution in [2.45, 2.75) is 44.7 Å². The lowest BCUT2D eigenvalue weighted by molar-refractivity contribution is -0.139. The SMILES string of the molecule is CCCNC(=O)C(C)N(Cc1cccc(Br)c1)C(=O)CN(c1ccc(OC)c(OC)c1)S(=O)(=O)c1ccc(C)cc1. The van der Waals surface area contributed by atoms with Gasteiger partial charge in [0.05, 0.1) is 24.8 Å². The van der Waals surface area contributed by atoms with Crippen LogP contribution < -0.4 is 19.1 Å². The highest BCUT2D eigenvalue weighted by molar-refractivity contribution is 9.10. The number of carbonyl (C=O) groups excluding carboxylic acids is 2. The first-order valence-electron chi connectivity index (χ1n) is 13.1. The fourth-order valence-electron chi connectivity index (χ4n) is 4.16. The second kappa shape index (κ2) is 14.4. The Morgan fingerprint density at radius 3 is 2.27 bits per heavy atom. The van der Waals surface area contributed by atoms with Crippen LogP contribution in [0.5, 0.6) is 11.5 Å². The van der Waals surface area contributed by atoms with Crippen LogP contribution in [-0.4, -0.2) is 58.5 Å². The van der Waals surface area contributed by atoms with E-state index in [-0.39, 0.29) is 23.0 Å². The maximum absolute atomic E-state index is 14.0. The summed E-state index contributed by atoms with van der Waals surface area (Å²) in [4.78, 5) is 28.4. The number of halogens is 1. The van der Waals surface area contributed by atoms with Gasteiger partial charge in [-0.15, -0.1) is 0 Å². The molecule has 41 heavy (non-hydrogen) atoms. The molecule has 11 heteroatoms. The number of methoxy groups -OCH3 is 2. The molecule has 0 bridgehead atoms. The fourth-order valence-corrected chi connectivity index (χ4v) is 6.01. The summed E-state index contributed by atoms with van der Waals surface area (Å²) in [5.74, 6) is -0.156. The second-order valence-corrected chi connectivity index (χ2v) is 12.3. The summed E-state index contributed by atoms with van der Waals surface area (Å²) in [6.45, 7) is 5.44. The van der Waals surface area contributed by atoms with Gasteiger partial charge in [-0.05, 0) is 62.2 Å². The standard InChI is InChI=1S/C30H36BrN3O6S/c1-6-16-32-30(36)22(3)33(19-23-8-7-9-24(31)17-23)29(35)20-34(25-12-15-27(39-4)28(18-25)40-5)41(37,38)26-13-10-21(2)11-14-26/h7-15,17-18,22H,6,16,19-20H2,1-5H3,(H,32,36). The van der Waals surface area contributed by atoms with Crippen molar-refractivity contribution in [2.24, 2.45) is 0 Å². The molecule has 0 saturated carbocycles. The molecule has 0 spiro atoms. The van der Waals surface area contributed by atoms with Crippen LogP contribution in [0.2, 0.25) is 0 Å². The summed E-state index contributed by atoms with van der Waals surface area (Å²) in [6, 6.07) is 17.6. The van der Waals surface area contributed by atoms with Gasteiger partial charge in [0.2, 0.25) is 11.8 Å². The highest BCUT2D eigenvalue weighted by Crippen LogP contribution is 2.34. The highest BCUT2D eigenvalue weighted by Gasteiger charge is 2.33. The number of hydrogen-bond acceptors (Lipinski definition) is 6. The molecule has 0 aliphatic rings. The number of sulfonamides is 1. The number of hydrogen-bond donors (Lipinski definition) is 1. The summed E-state index contributed by atoms with van der Waals surface area (Å²) >= 11 is 3.45. The Balaban J connectivity index is 2.08. The molecule has 0 aliphatic heterocycles. The lowest BCUT2D eigenvalue weighted by Gasteiger charge is -2.32. The predicted molar refractivity (Wildman–Crippen MR) is 163 cm³/mol. The van der Waals surface area contributed by atoms with Gasteiger partial charge in [0.1, 0.15) is 12.6 Å². The van der Waals surface area contributed by atoms with Gasteiger partial charge < -0.3 is 19.7 Å². The Labute approximate surface area is 250 Å². The smallest absolute Gasteiger partial charge is 0.264 e. The molecular formula is C30H36BrN3O6S. The number of amides is 2. The Morgan fingerprint density at radius 1 is 0.976 bits per heavy atom. The minimum atomic E-state index is -4.20. The van der Waals surface area contributed by atoms with E-state index in [1.807, 2.05) is 38.1 Å². The van der Waals surface area contributed by atoms with Crippen molar-refractivity contribution in [1.82, 2.24) is 10.2 Å². The van der Waals surface area contributed by atoms with Crippen LogP contribution in [0.25, 0.3) is 0 Å². The van der Waals surface area contributed by atoms with Crippen molar-refractivity contribution in [3.05, 3.63) is 82.3 Å². The van der Waals surface area contributed by atoms with Crippen molar-refractivity contribution in [2.75, 3.05) is 31.6 Å². The average molecular weight is 647 g/mol. The quantitative estimate of drug-likeness (QED) is 0.283. The number of anilines is 1. The molecule has 0 saturated heterocycles. The van der Waals surface area contributed by atoms with Gasteiger partial charge in [-0.1, -0.05) is 52.7 Å². The second-order valence-electron chi connectivity index (χ2n) is 9.48. The average Bonchev–Trinajstić information content (AvgIpc) is 2.96. The van der Waals surface area contributed by atoms with Gasteiger partial charge in [-0.3, -0.25) is 13.9 Å². The maximum atomic E-state index is 14.0. The van der Waals surface area contributed by atoms with Crippen molar-refractivity contribution in [3.8, 4) is 11.5 Å². The zero-order valence-corrected chi connectivity index (χ0v) is 26.3. The van der Waals surface area contributed by atoms with Gasteiger partial charge in [0.25, 0.3) is 10.0 Å². The largest absolute Gasteiger partial charge is 0.493 e. The van der Waals surface area contributed by atoms with Crippen LogP contribution in [-0.2, 0) is 26.2 Å². The van der Waals surface area contributed by atoms with E-state index in [1.165, 1.54) is 37.3 Å². The minimum absolute atomic E-state index is 0.0259. The molecule has 0 aromatic heterocycles. The summed E-state index contributed by atoms with van der Waals surface area (Å²) in [7, 11) is -1.28. The van der Waals surface area contributed by atoms with Gasteiger partial charge in [-0.25, -0.2) is 8.42 Å². The third-order valence-corrected chi connectivity index (χ3v) is 8.78. The van der Waals surface area contributed by atoms with E-state index < -0.39 is 28.5 Å². The zero-order chi connectivity index (χ0) is 30.2. The molecule has 0 aliphatic carbocycles. The van der Waals surface area contributed by atoms with Crippen LogP contribution in [0.4, 0.5) is 5.69 Å².